The fourth-order valence-electron chi connectivity index (χ4n) is 2.45. The highest BCUT2D eigenvalue weighted by Gasteiger charge is 2.13. The van der Waals surface area contributed by atoms with Gasteiger partial charge in [0, 0.05) is 45.8 Å². The first-order chi connectivity index (χ1) is 10.1. The molecule has 0 saturated carbocycles. The molecule has 1 heterocycles. The molecule has 6 heteroatoms. The van der Waals surface area contributed by atoms with Gasteiger partial charge in [0.25, 0.3) is 0 Å². The second-order valence-corrected chi connectivity index (χ2v) is 7.12. The lowest BCUT2D eigenvalue weighted by Crippen LogP contribution is -2.46. The normalized spacial score (nSPS) is 17.1. The SMILES string of the molecule is COc1c(Br)cc(CNCCN2CCN(C)CC2)cc1Br. The Morgan fingerprint density at radius 2 is 1.76 bits per heavy atom. The molecule has 0 unspecified atom stereocenters. The Balaban J connectivity index is 1.74. The molecule has 0 aromatic heterocycles. The van der Waals surface area contributed by atoms with Crippen LogP contribution < -0.4 is 10.1 Å². The average Bonchev–Trinajstić information content (AvgIpc) is 2.45. The molecule has 1 aromatic rings. The summed E-state index contributed by atoms with van der Waals surface area (Å²) in [6.45, 7) is 7.72. The van der Waals surface area contributed by atoms with E-state index in [-0.39, 0.29) is 0 Å². The Morgan fingerprint density at radius 1 is 1.14 bits per heavy atom. The van der Waals surface area contributed by atoms with E-state index in [1.54, 1.807) is 7.11 Å². The predicted molar refractivity (Wildman–Crippen MR) is 94.0 cm³/mol. The minimum Gasteiger partial charge on any atom is -0.494 e. The van der Waals surface area contributed by atoms with Gasteiger partial charge >= 0.3 is 0 Å². The summed E-state index contributed by atoms with van der Waals surface area (Å²) in [6.07, 6.45) is 0. The minimum atomic E-state index is 0.844. The fraction of sp³-hybridized carbons (Fsp3) is 0.600. The molecule has 1 fully saturated rings. The van der Waals surface area contributed by atoms with Gasteiger partial charge in [-0.05, 0) is 56.6 Å². The molecule has 0 bridgehead atoms. The van der Waals surface area contributed by atoms with Gasteiger partial charge in [-0.3, -0.25) is 4.90 Å². The third kappa shape index (κ3) is 5.21. The van der Waals surface area contributed by atoms with E-state index in [1.165, 1.54) is 31.7 Å². The molecule has 1 aliphatic rings. The van der Waals surface area contributed by atoms with Gasteiger partial charge in [-0.15, -0.1) is 0 Å². The first-order valence-corrected chi connectivity index (χ1v) is 8.82. The van der Waals surface area contributed by atoms with Crippen molar-refractivity contribution >= 4 is 31.9 Å². The summed E-state index contributed by atoms with van der Waals surface area (Å²) in [4.78, 5) is 4.91. The number of nitrogens with zero attached hydrogens (tertiary/aromatic N) is 2. The maximum atomic E-state index is 5.32. The lowest BCUT2D eigenvalue weighted by Gasteiger charge is -2.32. The van der Waals surface area contributed by atoms with Crippen molar-refractivity contribution in [2.45, 2.75) is 6.54 Å². The lowest BCUT2D eigenvalue weighted by molar-refractivity contribution is 0.154. The highest BCUT2D eigenvalue weighted by molar-refractivity contribution is 9.11. The standard InChI is InChI=1S/C15H23Br2N3O/c1-19-5-7-20(8-6-19)4-3-18-11-12-9-13(16)15(21-2)14(17)10-12/h9-10,18H,3-8,11H2,1-2H3. The van der Waals surface area contributed by atoms with Gasteiger partial charge in [0.1, 0.15) is 5.75 Å². The van der Waals surface area contributed by atoms with Crippen molar-refractivity contribution in [3.8, 4) is 5.75 Å². The van der Waals surface area contributed by atoms with Crippen LogP contribution in [0.1, 0.15) is 5.56 Å². The number of benzene rings is 1. The van der Waals surface area contributed by atoms with Gasteiger partial charge in [0.2, 0.25) is 0 Å². The van der Waals surface area contributed by atoms with Crippen molar-refractivity contribution in [2.24, 2.45) is 0 Å². The zero-order valence-corrected chi connectivity index (χ0v) is 15.8. The van der Waals surface area contributed by atoms with Gasteiger partial charge in [-0.25, -0.2) is 0 Å². The summed E-state index contributed by atoms with van der Waals surface area (Å²) in [5.74, 6) is 0.844. The van der Waals surface area contributed by atoms with Gasteiger partial charge < -0.3 is 15.0 Å². The van der Waals surface area contributed by atoms with Crippen LogP contribution in [0.15, 0.2) is 21.1 Å². The molecule has 4 nitrogen and oxygen atoms in total. The van der Waals surface area contributed by atoms with Crippen molar-refractivity contribution < 1.29 is 4.74 Å². The molecule has 118 valence electrons. The van der Waals surface area contributed by atoms with Crippen LogP contribution in [0.25, 0.3) is 0 Å². The summed E-state index contributed by atoms with van der Waals surface area (Å²) < 4.78 is 7.28. The van der Waals surface area contributed by atoms with Crippen LogP contribution in [0.5, 0.6) is 5.75 Å². The predicted octanol–water partition coefficient (Wildman–Crippen LogP) is 2.56. The summed E-state index contributed by atoms with van der Waals surface area (Å²) in [6, 6.07) is 4.21. The van der Waals surface area contributed by atoms with Crippen LogP contribution in [0.4, 0.5) is 0 Å². The quantitative estimate of drug-likeness (QED) is 0.715. The Bertz CT molecular complexity index is 439. The number of ether oxygens (including phenoxy) is 1. The fourth-order valence-corrected chi connectivity index (χ4v) is 4.06. The molecule has 1 N–H and O–H groups in total. The second kappa shape index (κ2) is 8.48. The zero-order chi connectivity index (χ0) is 15.2. The van der Waals surface area contributed by atoms with Crippen molar-refractivity contribution in [2.75, 3.05) is 53.4 Å². The number of nitrogens with one attached hydrogen (secondary N) is 1. The first-order valence-electron chi connectivity index (χ1n) is 7.23. The van der Waals surface area contributed by atoms with E-state index < -0.39 is 0 Å². The number of likely N-dealkylation sites (N-methyl/N-ethyl adjacent to an activating group) is 1. The van der Waals surface area contributed by atoms with E-state index >= 15 is 0 Å². The highest BCUT2D eigenvalue weighted by atomic mass is 79.9. The second-order valence-electron chi connectivity index (χ2n) is 5.41. The third-order valence-electron chi connectivity index (χ3n) is 3.79. The van der Waals surface area contributed by atoms with Crippen LogP contribution >= 0.6 is 31.9 Å². The van der Waals surface area contributed by atoms with Gasteiger partial charge in [0.15, 0.2) is 0 Å². The Morgan fingerprint density at radius 3 is 2.33 bits per heavy atom. The molecule has 1 aliphatic heterocycles. The topological polar surface area (TPSA) is 27.7 Å². The molecule has 2 rings (SSSR count). The Kier molecular flexibility index (Phi) is 6.95. The van der Waals surface area contributed by atoms with Crippen LogP contribution in [-0.2, 0) is 6.54 Å². The van der Waals surface area contributed by atoms with Gasteiger partial charge in [0.05, 0.1) is 16.1 Å². The number of methoxy groups -OCH3 is 1. The summed E-state index contributed by atoms with van der Waals surface area (Å²) in [7, 11) is 3.87. The van der Waals surface area contributed by atoms with E-state index in [1.807, 2.05) is 0 Å². The number of rotatable bonds is 6. The molecule has 1 saturated heterocycles. The summed E-state index contributed by atoms with van der Waals surface area (Å²) in [5, 5.41) is 3.51. The van der Waals surface area contributed by atoms with Crippen LogP contribution in [0.2, 0.25) is 0 Å². The molecule has 0 spiro atoms. The van der Waals surface area contributed by atoms with E-state index in [9.17, 15) is 0 Å². The molecular formula is C15H23Br2N3O. The molecule has 0 aliphatic carbocycles. The largest absolute Gasteiger partial charge is 0.494 e. The molecule has 0 radical (unpaired) electrons. The number of hydrogen-bond donors (Lipinski definition) is 1. The average molecular weight is 421 g/mol. The van der Waals surface area contributed by atoms with Crippen molar-refractivity contribution in [3.63, 3.8) is 0 Å². The Labute approximate surface area is 144 Å². The smallest absolute Gasteiger partial charge is 0.147 e. The molecule has 1 aromatic carbocycles. The van der Waals surface area contributed by atoms with E-state index in [2.05, 4.69) is 66.2 Å². The monoisotopic (exact) mass is 419 g/mol. The van der Waals surface area contributed by atoms with E-state index in [0.29, 0.717) is 0 Å². The van der Waals surface area contributed by atoms with E-state index in [0.717, 1.165) is 34.3 Å². The number of halogens is 2. The lowest BCUT2D eigenvalue weighted by atomic mass is 10.2. The van der Waals surface area contributed by atoms with Crippen molar-refractivity contribution in [1.29, 1.82) is 0 Å². The molecule has 0 amide bonds. The first kappa shape index (κ1) is 17.2. The summed E-state index contributed by atoms with van der Waals surface area (Å²) >= 11 is 7.08. The maximum Gasteiger partial charge on any atom is 0.147 e. The van der Waals surface area contributed by atoms with Crippen molar-refractivity contribution in [3.05, 3.63) is 26.6 Å². The minimum absolute atomic E-state index is 0.844. The van der Waals surface area contributed by atoms with Crippen LogP contribution in [0.3, 0.4) is 0 Å². The highest BCUT2D eigenvalue weighted by Crippen LogP contribution is 2.34. The van der Waals surface area contributed by atoms with Crippen LogP contribution in [0, 0.1) is 0 Å². The number of piperazine rings is 1. The van der Waals surface area contributed by atoms with E-state index in [4.69, 9.17) is 4.74 Å². The summed E-state index contributed by atoms with van der Waals surface area (Å²) in [5.41, 5.74) is 1.24. The molecular weight excluding hydrogens is 398 g/mol. The zero-order valence-electron chi connectivity index (χ0n) is 12.7. The number of hydrogen-bond acceptors (Lipinski definition) is 4. The molecule has 21 heavy (non-hydrogen) atoms. The maximum absolute atomic E-state index is 5.32. The van der Waals surface area contributed by atoms with Crippen LogP contribution in [-0.4, -0.2) is 63.2 Å². The molecule has 0 atom stereocenters. The van der Waals surface area contributed by atoms with Gasteiger partial charge in [-0.2, -0.15) is 0 Å². The van der Waals surface area contributed by atoms with Crippen molar-refractivity contribution in [1.82, 2.24) is 15.1 Å². The third-order valence-corrected chi connectivity index (χ3v) is 4.97. The Hall–Kier alpha value is -0.140. The van der Waals surface area contributed by atoms with Gasteiger partial charge in [-0.1, -0.05) is 0 Å².